The molecule has 13 heavy (non-hydrogen) atoms. The van der Waals surface area contributed by atoms with Crippen LogP contribution in [0.3, 0.4) is 0 Å². The van der Waals surface area contributed by atoms with Crippen molar-refractivity contribution in [2.75, 3.05) is 0 Å². The summed E-state index contributed by atoms with van der Waals surface area (Å²) in [6.07, 6.45) is 0.839. The summed E-state index contributed by atoms with van der Waals surface area (Å²) >= 11 is 0. The molecule has 0 bridgehead atoms. The molecule has 0 unspecified atom stereocenters. The first-order valence-electron chi connectivity index (χ1n) is 3.77. The van der Waals surface area contributed by atoms with Gasteiger partial charge in [-0.05, 0) is 13.3 Å². The van der Waals surface area contributed by atoms with Gasteiger partial charge in [0.1, 0.15) is 0 Å². The van der Waals surface area contributed by atoms with Gasteiger partial charge in [-0.15, -0.1) is 0 Å². The van der Waals surface area contributed by atoms with E-state index >= 15 is 0 Å². The van der Waals surface area contributed by atoms with Gasteiger partial charge in [0.2, 0.25) is 5.91 Å². The maximum atomic E-state index is 10.8. The van der Waals surface area contributed by atoms with Gasteiger partial charge in [0.05, 0.1) is 4.91 Å². The van der Waals surface area contributed by atoms with Gasteiger partial charge in [-0.3, -0.25) is 9.35 Å². The first kappa shape index (κ1) is 12.1. The van der Waals surface area contributed by atoms with E-state index in [-0.39, 0.29) is 16.9 Å². The molecule has 0 aliphatic heterocycles. The molecule has 0 radical (unpaired) electrons. The molecule has 0 aromatic carbocycles. The van der Waals surface area contributed by atoms with Gasteiger partial charge in [-0.2, -0.15) is 8.42 Å². The zero-order valence-corrected chi connectivity index (χ0v) is 8.39. The molecule has 0 rings (SSSR count). The van der Waals surface area contributed by atoms with Crippen LogP contribution >= 0.6 is 0 Å². The number of hydrogen-bond donors (Lipinski definition) is 2. The van der Waals surface area contributed by atoms with E-state index < -0.39 is 16.0 Å². The minimum atomic E-state index is -4.29. The molecular formula is C7H13NO4S. The summed E-state index contributed by atoms with van der Waals surface area (Å²) in [5, 5.41) is 0. The smallest absolute Gasteiger partial charge is 0.290 e. The Balaban J connectivity index is 5.23. The van der Waals surface area contributed by atoms with Crippen LogP contribution in [-0.4, -0.2) is 18.9 Å². The van der Waals surface area contributed by atoms with Crippen molar-refractivity contribution in [3.05, 3.63) is 10.5 Å². The quantitative estimate of drug-likeness (QED) is 0.516. The third-order valence-corrected chi connectivity index (χ3v) is 2.63. The Morgan fingerprint density at radius 2 is 1.92 bits per heavy atom. The average Bonchev–Trinajstić information content (AvgIpc) is 1.96. The van der Waals surface area contributed by atoms with Gasteiger partial charge >= 0.3 is 0 Å². The van der Waals surface area contributed by atoms with Gasteiger partial charge in [-0.1, -0.05) is 13.3 Å². The summed E-state index contributed by atoms with van der Waals surface area (Å²) in [6, 6.07) is 0. The van der Waals surface area contributed by atoms with Gasteiger partial charge in [0, 0.05) is 5.57 Å². The molecule has 0 heterocycles. The van der Waals surface area contributed by atoms with Crippen molar-refractivity contribution < 1.29 is 17.8 Å². The van der Waals surface area contributed by atoms with Crippen LogP contribution in [0.25, 0.3) is 0 Å². The largest absolute Gasteiger partial charge is 0.366 e. The second-order valence-corrected chi connectivity index (χ2v) is 4.19. The molecule has 6 heteroatoms. The third-order valence-electron chi connectivity index (χ3n) is 1.61. The van der Waals surface area contributed by atoms with Gasteiger partial charge in [-0.25, -0.2) is 0 Å². The Kier molecular flexibility index (Phi) is 4.09. The Bertz CT molecular complexity index is 328. The highest BCUT2D eigenvalue weighted by atomic mass is 32.2. The first-order valence-corrected chi connectivity index (χ1v) is 5.21. The molecule has 0 saturated carbocycles. The Morgan fingerprint density at radius 1 is 1.46 bits per heavy atom. The maximum Gasteiger partial charge on any atom is 0.290 e. The number of allylic oxidation sites excluding steroid dienone is 1. The third kappa shape index (κ3) is 3.56. The van der Waals surface area contributed by atoms with Crippen molar-refractivity contribution in [1.29, 1.82) is 0 Å². The SMILES string of the molecule is CCCC(C(N)=O)=C(C)S(=O)(=O)O. The summed E-state index contributed by atoms with van der Waals surface area (Å²) in [5.41, 5.74) is 4.91. The van der Waals surface area contributed by atoms with E-state index in [9.17, 15) is 13.2 Å². The predicted octanol–water partition coefficient (Wildman–Crippen LogP) is 0.434. The lowest BCUT2D eigenvalue weighted by Gasteiger charge is -2.04. The average molecular weight is 207 g/mol. The monoisotopic (exact) mass is 207 g/mol. The van der Waals surface area contributed by atoms with Crippen molar-refractivity contribution in [2.45, 2.75) is 26.7 Å². The standard InChI is InChI=1S/C7H13NO4S/c1-3-4-6(7(8)9)5(2)13(10,11)12/h3-4H2,1-2H3,(H2,8,9)(H,10,11,12). The van der Waals surface area contributed by atoms with E-state index in [1.165, 1.54) is 0 Å². The Labute approximate surface area is 77.4 Å². The lowest BCUT2D eigenvalue weighted by atomic mass is 10.1. The van der Waals surface area contributed by atoms with Gasteiger partial charge in [0.25, 0.3) is 10.1 Å². The lowest BCUT2D eigenvalue weighted by Crippen LogP contribution is -2.18. The van der Waals surface area contributed by atoms with Crippen LogP contribution in [0.2, 0.25) is 0 Å². The summed E-state index contributed by atoms with van der Waals surface area (Å²) in [6.45, 7) is 2.94. The summed E-state index contributed by atoms with van der Waals surface area (Å²) in [4.78, 5) is 10.4. The predicted molar refractivity (Wildman–Crippen MR) is 48.4 cm³/mol. The fraction of sp³-hybridized carbons (Fsp3) is 0.571. The van der Waals surface area contributed by atoms with Crippen LogP contribution in [0.15, 0.2) is 10.5 Å². The molecule has 0 spiro atoms. The number of hydrogen-bond acceptors (Lipinski definition) is 3. The molecular weight excluding hydrogens is 194 g/mol. The topological polar surface area (TPSA) is 97.5 Å². The molecule has 0 aliphatic carbocycles. The van der Waals surface area contributed by atoms with E-state index in [1.54, 1.807) is 6.92 Å². The molecule has 0 fully saturated rings. The molecule has 0 atom stereocenters. The van der Waals surface area contributed by atoms with Crippen LogP contribution < -0.4 is 5.73 Å². The molecule has 0 aromatic rings. The molecule has 5 nitrogen and oxygen atoms in total. The van der Waals surface area contributed by atoms with Crippen molar-refractivity contribution in [3.8, 4) is 0 Å². The van der Waals surface area contributed by atoms with E-state index in [1.807, 2.05) is 0 Å². The normalized spacial score (nSPS) is 13.8. The van der Waals surface area contributed by atoms with Crippen LogP contribution in [0, 0.1) is 0 Å². The highest BCUT2D eigenvalue weighted by Crippen LogP contribution is 2.14. The van der Waals surface area contributed by atoms with Crippen molar-refractivity contribution in [3.63, 3.8) is 0 Å². The molecule has 76 valence electrons. The zero-order chi connectivity index (χ0) is 10.6. The maximum absolute atomic E-state index is 10.8. The van der Waals surface area contributed by atoms with E-state index in [4.69, 9.17) is 10.3 Å². The Hall–Kier alpha value is -0.880. The van der Waals surface area contributed by atoms with E-state index in [0.29, 0.717) is 6.42 Å². The van der Waals surface area contributed by atoms with Crippen LogP contribution in [-0.2, 0) is 14.9 Å². The minimum absolute atomic E-state index is 0.0370. The van der Waals surface area contributed by atoms with Gasteiger partial charge < -0.3 is 5.73 Å². The second kappa shape index (κ2) is 4.38. The van der Waals surface area contributed by atoms with Gasteiger partial charge in [0.15, 0.2) is 0 Å². The fourth-order valence-corrected chi connectivity index (χ4v) is 1.39. The highest BCUT2D eigenvalue weighted by Gasteiger charge is 2.17. The number of rotatable bonds is 4. The van der Waals surface area contributed by atoms with Crippen molar-refractivity contribution >= 4 is 16.0 Å². The summed E-state index contributed by atoms with van der Waals surface area (Å²) < 4.78 is 29.9. The molecule has 0 saturated heterocycles. The second-order valence-electron chi connectivity index (χ2n) is 2.62. The number of amides is 1. The minimum Gasteiger partial charge on any atom is -0.366 e. The van der Waals surface area contributed by atoms with Crippen LogP contribution in [0.4, 0.5) is 0 Å². The van der Waals surface area contributed by atoms with Crippen LogP contribution in [0.1, 0.15) is 26.7 Å². The highest BCUT2D eigenvalue weighted by molar-refractivity contribution is 7.89. The summed E-state index contributed by atoms with van der Waals surface area (Å²) in [7, 11) is -4.29. The fourth-order valence-electron chi connectivity index (χ4n) is 0.878. The molecule has 0 aromatic heterocycles. The van der Waals surface area contributed by atoms with E-state index in [0.717, 1.165) is 6.92 Å². The van der Waals surface area contributed by atoms with Crippen molar-refractivity contribution in [2.24, 2.45) is 5.73 Å². The number of carbonyl (C=O) groups excluding carboxylic acids is 1. The van der Waals surface area contributed by atoms with E-state index in [2.05, 4.69) is 0 Å². The summed E-state index contributed by atoms with van der Waals surface area (Å²) in [5.74, 6) is -0.808. The number of carbonyl (C=O) groups is 1. The Morgan fingerprint density at radius 3 is 2.15 bits per heavy atom. The molecule has 3 N–H and O–H groups in total. The molecule has 0 aliphatic rings. The van der Waals surface area contributed by atoms with Crippen molar-refractivity contribution in [1.82, 2.24) is 0 Å². The number of primary amides is 1. The zero-order valence-electron chi connectivity index (χ0n) is 7.57. The molecule has 1 amide bonds. The van der Waals surface area contributed by atoms with Crippen LogP contribution in [0.5, 0.6) is 0 Å². The lowest BCUT2D eigenvalue weighted by molar-refractivity contribution is -0.114. The first-order chi connectivity index (χ1) is 5.80. The number of nitrogens with two attached hydrogens (primary N) is 1.